The summed E-state index contributed by atoms with van der Waals surface area (Å²) in [5.74, 6) is 1.19. The van der Waals surface area contributed by atoms with Gasteiger partial charge in [-0.1, -0.05) is 6.92 Å². The molecule has 6 heteroatoms. The molecule has 2 atom stereocenters. The van der Waals surface area contributed by atoms with Crippen molar-refractivity contribution in [2.45, 2.75) is 38.4 Å². The minimum atomic E-state index is -0.838. The fraction of sp³-hybridized carbons (Fsp3) is 0.692. The van der Waals surface area contributed by atoms with Gasteiger partial charge in [0.05, 0.1) is 12.7 Å². The highest BCUT2D eigenvalue weighted by Gasteiger charge is 2.39. The summed E-state index contributed by atoms with van der Waals surface area (Å²) in [5, 5.41) is 13.5. The molecule has 2 heterocycles. The van der Waals surface area contributed by atoms with Gasteiger partial charge >= 0.3 is 0 Å². The molecular weight excluding hydrogens is 246 g/mol. The Morgan fingerprint density at radius 1 is 1.58 bits per heavy atom. The Bertz CT molecular complexity index is 416. The third-order valence-corrected chi connectivity index (χ3v) is 3.33. The molecular formula is C13H21N3O3. The Labute approximate surface area is 113 Å². The lowest BCUT2D eigenvalue weighted by atomic mass is 9.97. The van der Waals surface area contributed by atoms with E-state index in [1.54, 1.807) is 6.07 Å². The van der Waals surface area contributed by atoms with Crippen LogP contribution in [-0.4, -0.2) is 46.5 Å². The lowest BCUT2D eigenvalue weighted by Crippen LogP contribution is -2.43. The van der Waals surface area contributed by atoms with Crippen molar-refractivity contribution in [1.29, 1.82) is 0 Å². The Hall–Kier alpha value is -1.40. The molecule has 1 saturated heterocycles. The van der Waals surface area contributed by atoms with E-state index in [2.05, 4.69) is 15.3 Å². The number of aromatic nitrogens is 2. The monoisotopic (exact) mass is 267 g/mol. The van der Waals surface area contributed by atoms with Crippen molar-refractivity contribution in [2.24, 2.45) is 0 Å². The van der Waals surface area contributed by atoms with Crippen molar-refractivity contribution in [1.82, 2.24) is 9.97 Å². The molecule has 1 aliphatic heterocycles. The fourth-order valence-electron chi connectivity index (χ4n) is 1.97. The average molecular weight is 267 g/mol. The van der Waals surface area contributed by atoms with Crippen molar-refractivity contribution >= 4 is 5.82 Å². The van der Waals surface area contributed by atoms with Gasteiger partial charge in [-0.2, -0.15) is 0 Å². The zero-order chi connectivity index (χ0) is 13.7. The summed E-state index contributed by atoms with van der Waals surface area (Å²) in [7, 11) is 0. The van der Waals surface area contributed by atoms with E-state index >= 15 is 0 Å². The molecule has 0 aromatic carbocycles. The molecule has 1 fully saturated rings. The summed E-state index contributed by atoms with van der Waals surface area (Å²) < 4.78 is 10.8. The molecule has 19 heavy (non-hydrogen) atoms. The van der Waals surface area contributed by atoms with E-state index in [0.717, 1.165) is 6.42 Å². The molecule has 0 aliphatic carbocycles. The van der Waals surface area contributed by atoms with Crippen LogP contribution in [0.25, 0.3) is 0 Å². The first-order valence-corrected chi connectivity index (χ1v) is 6.67. The summed E-state index contributed by atoms with van der Waals surface area (Å²) in [6.07, 6.45) is 2.84. The van der Waals surface area contributed by atoms with Gasteiger partial charge in [-0.3, -0.25) is 0 Å². The largest absolute Gasteiger partial charge is 0.478 e. The molecule has 2 unspecified atom stereocenters. The van der Waals surface area contributed by atoms with E-state index in [0.29, 0.717) is 37.9 Å². The average Bonchev–Trinajstić information content (AvgIpc) is 2.75. The number of aliphatic hydroxyl groups is 1. The first-order valence-electron chi connectivity index (χ1n) is 6.67. The van der Waals surface area contributed by atoms with Crippen molar-refractivity contribution in [3.63, 3.8) is 0 Å². The lowest BCUT2D eigenvalue weighted by Gasteiger charge is -2.26. The van der Waals surface area contributed by atoms with Crippen LogP contribution in [0.15, 0.2) is 12.4 Å². The molecule has 6 nitrogen and oxygen atoms in total. The topological polar surface area (TPSA) is 76.5 Å². The number of nitrogens with zero attached hydrogens (tertiary/aromatic N) is 2. The smallest absolute Gasteiger partial charge is 0.218 e. The number of hydrogen-bond acceptors (Lipinski definition) is 6. The molecule has 106 valence electrons. The van der Waals surface area contributed by atoms with E-state index in [9.17, 15) is 5.11 Å². The Morgan fingerprint density at radius 2 is 2.42 bits per heavy atom. The second-order valence-electron chi connectivity index (χ2n) is 4.81. The second-order valence-corrected chi connectivity index (χ2v) is 4.81. The summed E-state index contributed by atoms with van der Waals surface area (Å²) in [6.45, 7) is 5.54. The summed E-state index contributed by atoms with van der Waals surface area (Å²) in [6, 6.07) is 1.74. The maximum absolute atomic E-state index is 10.4. The highest BCUT2D eigenvalue weighted by molar-refractivity contribution is 5.37. The van der Waals surface area contributed by atoms with Crippen LogP contribution in [-0.2, 0) is 4.74 Å². The van der Waals surface area contributed by atoms with Crippen LogP contribution in [0.2, 0.25) is 0 Å². The zero-order valence-corrected chi connectivity index (χ0v) is 11.4. The molecule has 0 bridgehead atoms. The van der Waals surface area contributed by atoms with Crippen LogP contribution in [0.5, 0.6) is 5.88 Å². The Balaban J connectivity index is 1.92. The van der Waals surface area contributed by atoms with Crippen molar-refractivity contribution in [2.75, 3.05) is 25.1 Å². The highest BCUT2D eigenvalue weighted by atomic mass is 16.5. The quantitative estimate of drug-likeness (QED) is 0.807. The molecule has 0 spiro atoms. The lowest BCUT2D eigenvalue weighted by molar-refractivity contribution is -0.0176. The third kappa shape index (κ3) is 3.54. The Kier molecular flexibility index (Phi) is 4.55. The van der Waals surface area contributed by atoms with Gasteiger partial charge in [0.2, 0.25) is 5.88 Å². The number of ether oxygens (including phenoxy) is 2. The molecule has 2 rings (SSSR count). The normalized spacial score (nSPS) is 26.4. The van der Waals surface area contributed by atoms with E-state index in [1.165, 1.54) is 6.33 Å². The summed E-state index contributed by atoms with van der Waals surface area (Å²) in [5.41, 5.74) is -0.838. The van der Waals surface area contributed by atoms with Gasteiger partial charge in [0, 0.05) is 25.6 Å². The van der Waals surface area contributed by atoms with Crippen LogP contribution in [0, 0.1) is 0 Å². The molecule has 1 aromatic heterocycles. The maximum atomic E-state index is 10.4. The summed E-state index contributed by atoms with van der Waals surface area (Å²) >= 11 is 0. The minimum absolute atomic E-state index is 0.169. The van der Waals surface area contributed by atoms with Gasteiger partial charge in [-0.25, -0.2) is 9.97 Å². The molecule has 1 aromatic rings. The first-order chi connectivity index (χ1) is 9.14. The van der Waals surface area contributed by atoms with E-state index < -0.39 is 5.60 Å². The SMILES string of the molecule is CCCOc1cc(NCC2(O)CCOC2C)ncn1. The van der Waals surface area contributed by atoms with Gasteiger partial charge in [0.15, 0.2) is 0 Å². The number of anilines is 1. The maximum Gasteiger partial charge on any atom is 0.218 e. The Morgan fingerprint density at radius 3 is 3.11 bits per heavy atom. The standard InChI is InChI=1S/C13H21N3O3/c1-3-5-19-12-7-11(15-9-16-12)14-8-13(17)4-6-18-10(13)2/h7,9-10,17H,3-6,8H2,1-2H3,(H,14,15,16). The van der Waals surface area contributed by atoms with Crippen LogP contribution < -0.4 is 10.1 Å². The number of rotatable bonds is 6. The van der Waals surface area contributed by atoms with Crippen molar-refractivity contribution < 1.29 is 14.6 Å². The van der Waals surface area contributed by atoms with Gasteiger partial charge < -0.3 is 19.9 Å². The fourth-order valence-corrected chi connectivity index (χ4v) is 1.97. The second kappa shape index (κ2) is 6.16. The van der Waals surface area contributed by atoms with Crippen LogP contribution >= 0.6 is 0 Å². The minimum Gasteiger partial charge on any atom is -0.478 e. The van der Waals surface area contributed by atoms with Gasteiger partial charge in [-0.15, -0.1) is 0 Å². The highest BCUT2D eigenvalue weighted by Crippen LogP contribution is 2.26. The molecule has 0 radical (unpaired) electrons. The van der Waals surface area contributed by atoms with E-state index in [-0.39, 0.29) is 6.10 Å². The molecule has 0 amide bonds. The number of hydrogen-bond donors (Lipinski definition) is 2. The molecule has 2 N–H and O–H groups in total. The van der Waals surface area contributed by atoms with Gasteiger partial charge in [0.25, 0.3) is 0 Å². The zero-order valence-electron chi connectivity index (χ0n) is 11.4. The van der Waals surface area contributed by atoms with Crippen LogP contribution in [0.4, 0.5) is 5.82 Å². The predicted octanol–water partition coefficient (Wildman–Crippen LogP) is 1.22. The van der Waals surface area contributed by atoms with Gasteiger partial charge in [0.1, 0.15) is 17.7 Å². The molecule has 1 aliphatic rings. The molecule has 0 saturated carbocycles. The van der Waals surface area contributed by atoms with Crippen LogP contribution in [0.1, 0.15) is 26.7 Å². The predicted molar refractivity (Wildman–Crippen MR) is 71.3 cm³/mol. The van der Waals surface area contributed by atoms with Crippen molar-refractivity contribution in [3.05, 3.63) is 12.4 Å². The van der Waals surface area contributed by atoms with Gasteiger partial charge in [-0.05, 0) is 13.3 Å². The number of nitrogens with one attached hydrogen (secondary N) is 1. The first kappa shape index (κ1) is 14.0. The van der Waals surface area contributed by atoms with Crippen molar-refractivity contribution in [3.8, 4) is 5.88 Å². The van der Waals surface area contributed by atoms with Crippen LogP contribution in [0.3, 0.4) is 0 Å². The summed E-state index contributed by atoms with van der Waals surface area (Å²) in [4.78, 5) is 8.14. The van der Waals surface area contributed by atoms with E-state index in [4.69, 9.17) is 9.47 Å². The third-order valence-electron chi connectivity index (χ3n) is 3.33. The van der Waals surface area contributed by atoms with E-state index in [1.807, 2.05) is 13.8 Å².